The van der Waals surface area contributed by atoms with E-state index in [4.69, 9.17) is 11.6 Å². The summed E-state index contributed by atoms with van der Waals surface area (Å²) in [6.45, 7) is 2.55. The largest absolute Gasteiger partial charge is 0.356 e. The minimum Gasteiger partial charge on any atom is -0.356 e. The van der Waals surface area contributed by atoms with Crippen molar-refractivity contribution in [1.82, 2.24) is 14.9 Å². The average Bonchev–Trinajstić information content (AvgIpc) is 3.04. The summed E-state index contributed by atoms with van der Waals surface area (Å²) in [4.78, 5) is 28.7. The molecule has 3 aromatic rings. The van der Waals surface area contributed by atoms with Crippen LogP contribution in [0.3, 0.4) is 0 Å². The zero-order valence-electron chi connectivity index (χ0n) is 15.7. The smallest absolute Gasteiger partial charge is 0.244 e. The highest BCUT2D eigenvalue weighted by atomic mass is 35.5. The van der Waals surface area contributed by atoms with Crippen molar-refractivity contribution in [2.45, 2.75) is 32.7 Å². The lowest BCUT2D eigenvalue weighted by atomic mass is 10.2. The summed E-state index contributed by atoms with van der Waals surface area (Å²) < 4.78 is 1.92. The van der Waals surface area contributed by atoms with Gasteiger partial charge in [-0.05, 0) is 30.7 Å². The maximum atomic E-state index is 12.6. The van der Waals surface area contributed by atoms with Crippen LogP contribution < -0.4 is 10.6 Å². The van der Waals surface area contributed by atoms with E-state index in [1.54, 1.807) is 12.1 Å². The minimum atomic E-state index is -0.170. The number of para-hydroxylation sites is 3. The standard InChI is InChI=1S/C21H23ClN4O2/c1-2-20(27)23-13-7-12-19-24-17-10-5-6-11-18(17)26(19)14-21(28)25-16-9-4-3-8-15(16)22/h3-6,8-11H,2,7,12-14H2,1H3,(H,23,27)(H,25,28). The monoisotopic (exact) mass is 398 g/mol. The SMILES string of the molecule is CCC(=O)NCCCc1nc2ccccc2n1CC(=O)Nc1ccccc1Cl. The Hall–Kier alpha value is -2.86. The second-order valence-electron chi connectivity index (χ2n) is 6.44. The van der Waals surface area contributed by atoms with E-state index in [1.807, 2.05) is 47.9 Å². The number of hydrogen-bond acceptors (Lipinski definition) is 3. The number of fused-ring (bicyclic) bond motifs is 1. The maximum Gasteiger partial charge on any atom is 0.244 e. The molecule has 0 radical (unpaired) electrons. The molecule has 0 spiro atoms. The number of halogens is 1. The lowest BCUT2D eigenvalue weighted by molar-refractivity contribution is -0.120. The Bertz CT molecular complexity index is 983. The Morgan fingerprint density at radius 2 is 1.82 bits per heavy atom. The Labute approximate surface area is 168 Å². The molecule has 0 saturated heterocycles. The number of nitrogens with one attached hydrogen (secondary N) is 2. The summed E-state index contributed by atoms with van der Waals surface area (Å²) in [6.07, 6.45) is 1.89. The maximum absolute atomic E-state index is 12.6. The molecule has 0 fully saturated rings. The Morgan fingerprint density at radius 3 is 2.61 bits per heavy atom. The van der Waals surface area contributed by atoms with Crippen LogP contribution in [0.1, 0.15) is 25.6 Å². The van der Waals surface area contributed by atoms with Crippen molar-refractivity contribution in [2.75, 3.05) is 11.9 Å². The van der Waals surface area contributed by atoms with Crippen LogP contribution in [0, 0.1) is 0 Å². The number of amides is 2. The molecule has 0 aliphatic rings. The summed E-state index contributed by atoms with van der Waals surface area (Å²) in [5.41, 5.74) is 2.34. The van der Waals surface area contributed by atoms with Gasteiger partial charge in [-0.1, -0.05) is 42.8 Å². The minimum absolute atomic E-state index is 0.0348. The first-order valence-electron chi connectivity index (χ1n) is 9.33. The molecule has 3 rings (SSSR count). The van der Waals surface area contributed by atoms with E-state index < -0.39 is 0 Å². The van der Waals surface area contributed by atoms with Gasteiger partial charge in [-0.15, -0.1) is 0 Å². The molecule has 146 valence electrons. The summed E-state index contributed by atoms with van der Waals surface area (Å²) in [6, 6.07) is 14.9. The molecule has 0 aliphatic carbocycles. The third-order valence-electron chi connectivity index (χ3n) is 4.40. The summed E-state index contributed by atoms with van der Waals surface area (Å²) >= 11 is 6.13. The zero-order chi connectivity index (χ0) is 19.9. The second-order valence-corrected chi connectivity index (χ2v) is 6.85. The number of carbonyl (C=O) groups is 2. The first-order chi connectivity index (χ1) is 13.6. The number of aromatic nitrogens is 2. The summed E-state index contributed by atoms with van der Waals surface area (Å²) in [5.74, 6) is 0.686. The molecule has 7 heteroatoms. The number of nitrogens with zero attached hydrogens (tertiary/aromatic N) is 2. The van der Waals surface area contributed by atoms with Gasteiger partial charge in [0.1, 0.15) is 12.4 Å². The number of anilines is 1. The van der Waals surface area contributed by atoms with Crippen LogP contribution in [-0.2, 0) is 22.6 Å². The molecular weight excluding hydrogens is 376 g/mol. The van der Waals surface area contributed by atoms with Gasteiger partial charge in [0.05, 0.1) is 21.7 Å². The van der Waals surface area contributed by atoms with Crippen molar-refractivity contribution in [3.05, 3.63) is 59.4 Å². The highest BCUT2D eigenvalue weighted by Gasteiger charge is 2.14. The second kappa shape index (κ2) is 9.37. The predicted molar refractivity (Wildman–Crippen MR) is 111 cm³/mol. The van der Waals surface area contributed by atoms with Gasteiger partial charge in [-0.2, -0.15) is 0 Å². The van der Waals surface area contributed by atoms with Crippen LogP contribution in [0.5, 0.6) is 0 Å². The van der Waals surface area contributed by atoms with Gasteiger partial charge in [0.15, 0.2) is 0 Å². The zero-order valence-corrected chi connectivity index (χ0v) is 16.5. The molecule has 28 heavy (non-hydrogen) atoms. The van der Waals surface area contributed by atoms with Crippen molar-refractivity contribution >= 4 is 40.1 Å². The molecular formula is C21H23ClN4O2. The van der Waals surface area contributed by atoms with Crippen LogP contribution in [0.25, 0.3) is 11.0 Å². The normalized spacial score (nSPS) is 10.8. The highest BCUT2D eigenvalue weighted by Crippen LogP contribution is 2.21. The molecule has 1 heterocycles. The van der Waals surface area contributed by atoms with Crippen molar-refractivity contribution in [3.63, 3.8) is 0 Å². The molecule has 1 aromatic heterocycles. The predicted octanol–water partition coefficient (Wildman–Crippen LogP) is 3.79. The molecule has 0 unspecified atom stereocenters. The number of carbonyl (C=O) groups excluding carboxylic acids is 2. The fraction of sp³-hybridized carbons (Fsp3) is 0.286. The molecule has 0 bridgehead atoms. The quantitative estimate of drug-likeness (QED) is 0.567. The van der Waals surface area contributed by atoms with Crippen molar-refractivity contribution in [2.24, 2.45) is 0 Å². The molecule has 0 aliphatic heterocycles. The number of hydrogen-bond donors (Lipinski definition) is 2. The van der Waals surface area contributed by atoms with Crippen LogP contribution in [0.15, 0.2) is 48.5 Å². The van der Waals surface area contributed by atoms with Crippen molar-refractivity contribution in [3.8, 4) is 0 Å². The van der Waals surface area contributed by atoms with E-state index in [1.165, 1.54) is 0 Å². The summed E-state index contributed by atoms with van der Waals surface area (Å²) in [7, 11) is 0. The molecule has 2 amide bonds. The van der Waals surface area contributed by atoms with Gasteiger partial charge in [0, 0.05) is 19.4 Å². The first kappa shape index (κ1) is 19.9. The number of aryl methyl sites for hydroxylation is 1. The van der Waals surface area contributed by atoms with E-state index in [0.717, 1.165) is 23.3 Å². The van der Waals surface area contributed by atoms with E-state index in [2.05, 4.69) is 15.6 Å². The van der Waals surface area contributed by atoms with Gasteiger partial charge in [0.25, 0.3) is 0 Å². The van der Waals surface area contributed by atoms with E-state index in [9.17, 15) is 9.59 Å². The number of benzene rings is 2. The van der Waals surface area contributed by atoms with Gasteiger partial charge in [-0.3, -0.25) is 9.59 Å². The first-order valence-corrected chi connectivity index (χ1v) is 9.71. The molecule has 2 aromatic carbocycles. The average molecular weight is 399 g/mol. The van der Waals surface area contributed by atoms with Crippen LogP contribution >= 0.6 is 11.6 Å². The lowest BCUT2D eigenvalue weighted by Gasteiger charge is -2.11. The van der Waals surface area contributed by atoms with Gasteiger partial charge >= 0.3 is 0 Å². The van der Waals surface area contributed by atoms with Crippen molar-refractivity contribution in [1.29, 1.82) is 0 Å². The van der Waals surface area contributed by atoms with E-state index in [0.29, 0.717) is 30.1 Å². The van der Waals surface area contributed by atoms with Gasteiger partial charge in [-0.25, -0.2) is 4.98 Å². The fourth-order valence-electron chi connectivity index (χ4n) is 2.99. The molecule has 6 nitrogen and oxygen atoms in total. The third kappa shape index (κ3) is 4.89. The lowest BCUT2D eigenvalue weighted by Crippen LogP contribution is -2.24. The van der Waals surface area contributed by atoms with Crippen LogP contribution in [0.2, 0.25) is 5.02 Å². The Balaban J connectivity index is 1.74. The Morgan fingerprint density at radius 1 is 1.07 bits per heavy atom. The third-order valence-corrected chi connectivity index (χ3v) is 4.73. The molecule has 0 saturated carbocycles. The summed E-state index contributed by atoms with van der Waals surface area (Å²) in [5, 5.41) is 6.22. The van der Waals surface area contributed by atoms with E-state index in [-0.39, 0.29) is 18.4 Å². The topological polar surface area (TPSA) is 76.0 Å². The van der Waals surface area contributed by atoms with Crippen molar-refractivity contribution < 1.29 is 9.59 Å². The van der Waals surface area contributed by atoms with Crippen LogP contribution in [0.4, 0.5) is 5.69 Å². The molecule has 0 atom stereocenters. The van der Waals surface area contributed by atoms with Crippen LogP contribution in [-0.4, -0.2) is 27.9 Å². The van der Waals surface area contributed by atoms with E-state index >= 15 is 0 Å². The molecule has 2 N–H and O–H groups in total. The number of imidazole rings is 1. The van der Waals surface area contributed by atoms with Gasteiger partial charge in [0.2, 0.25) is 11.8 Å². The number of rotatable bonds is 8. The van der Waals surface area contributed by atoms with Gasteiger partial charge < -0.3 is 15.2 Å². The Kier molecular flexibility index (Phi) is 6.66. The fourth-order valence-corrected chi connectivity index (χ4v) is 3.17. The highest BCUT2D eigenvalue weighted by molar-refractivity contribution is 6.33.